The van der Waals surface area contributed by atoms with Crippen LogP contribution in [-0.4, -0.2) is 25.3 Å². The van der Waals surface area contributed by atoms with Gasteiger partial charge in [0.05, 0.1) is 0 Å². The van der Waals surface area contributed by atoms with Crippen LogP contribution in [0.4, 0.5) is 0 Å². The van der Waals surface area contributed by atoms with Gasteiger partial charge in [0.15, 0.2) is 0 Å². The Balaban J connectivity index is 3.19. The lowest BCUT2D eigenvalue weighted by Gasteiger charge is -2.04. The number of nitrogens with one attached hydrogen (secondary N) is 1. The molecule has 136 valence electrons. The summed E-state index contributed by atoms with van der Waals surface area (Å²) in [6, 6.07) is 0. The maximum atomic E-state index is 11.6. The number of oxime groups is 1. The monoisotopic (exact) mass is 326 g/mol. The zero-order valence-corrected chi connectivity index (χ0v) is 15.4. The van der Waals surface area contributed by atoms with Gasteiger partial charge in [0.1, 0.15) is 6.61 Å². The minimum absolute atomic E-state index is 0.188. The summed E-state index contributed by atoms with van der Waals surface area (Å²) >= 11 is 0. The van der Waals surface area contributed by atoms with E-state index in [1.165, 1.54) is 44.9 Å². The second-order valence-corrected chi connectivity index (χ2v) is 6.19. The van der Waals surface area contributed by atoms with E-state index in [0.717, 1.165) is 38.6 Å². The highest BCUT2D eigenvalue weighted by atomic mass is 16.6. The number of carbonyl (C=O) groups is 1. The van der Waals surface area contributed by atoms with Crippen molar-refractivity contribution in [2.24, 2.45) is 5.16 Å². The molecule has 1 N–H and O–H groups in total. The maximum absolute atomic E-state index is 11.6. The van der Waals surface area contributed by atoms with Gasteiger partial charge in [-0.2, -0.15) is 0 Å². The molecular formula is C19H38N2O2. The summed E-state index contributed by atoms with van der Waals surface area (Å²) in [5, 5.41) is 6.95. The number of amides is 1. The molecule has 0 saturated heterocycles. The minimum Gasteiger partial charge on any atom is -0.396 e. The Kier molecular flexibility index (Phi) is 18.1. The Labute approximate surface area is 143 Å². The van der Waals surface area contributed by atoms with Crippen LogP contribution in [0.25, 0.3) is 0 Å². The van der Waals surface area contributed by atoms with Crippen molar-refractivity contribution in [1.29, 1.82) is 0 Å². The Hall–Kier alpha value is -1.06. The van der Waals surface area contributed by atoms with Crippen molar-refractivity contribution in [3.63, 3.8) is 0 Å². The van der Waals surface area contributed by atoms with Crippen LogP contribution >= 0.6 is 0 Å². The molecular weight excluding hydrogens is 288 g/mol. The van der Waals surface area contributed by atoms with Gasteiger partial charge in [-0.15, -0.1) is 0 Å². The van der Waals surface area contributed by atoms with Crippen LogP contribution in [0.15, 0.2) is 5.16 Å². The van der Waals surface area contributed by atoms with Crippen LogP contribution in [0.1, 0.15) is 97.3 Å². The molecule has 0 aromatic rings. The van der Waals surface area contributed by atoms with Gasteiger partial charge in [0, 0.05) is 19.2 Å². The van der Waals surface area contributed by atoms with Gasteiger partial charge >= 0.3 is 0 Å². The third-order valence-corrected chi connectivity index (χ3v) is 3.83. The number of carbonyl (C=O) groups excluding carboxylic acids is 1. The van der Waals surface area contributed by atoms with Crippen molar-refractivity contribution in [1.82, 2.24) is 5.32 Å². The van der Waals surface area contributed by atoms with Crippen molar-refractivity contribution in [2.75, 3.05) is 13.2 Å². The van der Waals surface area contributed by atoms with Crippen LogP contribution in [-0.2, 0) is 9.63 Å². The van der Waals surface area contributed by atoms with Crippen LogP contribution in [0.3, 0.4) is 0 Å². The fourth-order valence-corrected chi connectivity index (χ4v) is 2.32. The molecule has 0 spiro atoms. The molecule has 4 nitrogen and oxygen atoms in total. The molecule has 0 aliphatic heterocycles. The van der Waals surface area contributed by atoms with Crippen molar-refractivity contribution < 1.29 is 9.63 Å². The van der Waals surface area contributed by atoms with Crippen molar-refractivity contribution in [3.8, 4) is 0 Å². The third-order valence-electron chi connectivity index (χ3n) is 3.83. The molecule has 0 bridgehead atoms. The highest BCUT2D eigenvalue weighted by molar-refractivity contribution is 5.75. The molecule has 0 aromatic carbocycles. The SMILES string of the molecule is CCCCCCC=NOCCCCCC(=O)NCCCCCC. The molecule has 0 rings (SSSR count). The zero-order chi connectivity index (χ0) is 17.0. The number of hydrogen-bond donors (Lipinski definition) is 1. The van der Waals surface area contributed by atoms with E-state index in [2.05, 4.69) is 24.3 Å². The fourth-order valence-electron chi connectivity index (χ4n) is 2.32. The first-order valence-corrected chi connectivity index (χ1v) is 9.71. The van der Waals surface area contributed by atoms with E-state index >= 15 is 0 Å². The summed E-state index contributed by atoms with van der Waals surface area (Å²) in [7, 11) is 0. The quantitative estimate of drug-likeness (QED) is 0.226. The van der Waals surface area contributed by atoms with Gasteiger partial charge in [0.25, 0.3) is 0 Å². The van der Waals surface area contributed by atoms with E-state index in [4.69, 9.17) is 4.84 Å². The van der Waals surface area contributed by atoms with E-state index < -0.39 is 0 Å². The second-order valence-electron chi connectivity index (χ2n) is 6.19. The average molecular weight is 327 g/mol. The average Bonchev–Trinajstić information content (AvgIpc) is 2.55. The number of rotatable bonds is 17. The van der Waals surface area contributed by atoms with Gasteiger partial charge in [-0.25, -0.2) is 0 Å². The summed E-state index contributed by atoms with van der Waals surface area (Å²) in [5.74, 6) is 0.188. The summed E-state index contributed by atoms with van der Waals surface area (Å²) in [5.41, 5.74) is 0. The third kappa shape index (κ3) is 18.9. The van der Waals surface area contributed by atoms with Crippen LogP contribution in [0.2, 0.25) is 0 Å². The van der Waals surface area contributed by atoms with Crippen molar-refractivity contribution >= 4 is 12.1 Å². The number of unbranched alkanes of at least 4 members (excludes halogenated alkanes) is 9. The molecule has 0 aromatic heterocycles. The first kappa shape index (κ1) is 21.9. The lowest BCUT2D eigenvalue weighted by Crippen LogP contribution is -2.23. The summed E-state index contributed by atoms with van der Waals surface area (Å²) < 4.78 is 0. The highest BCUT2D eigenvalue weighted by Gasteiger charge is 2.00. The van der Waals surface area contributed by atoms with Gasteiger partial charge < -0.3 is 10.2 Å². The van der Waals surface area contributed by atoms with Crippen LogP contribution in [0.5, 0.6) is 0 Å². The molecule has 0 fully saturated rings. The summed E-state index contributed by atoms with van der Waals surface area (Å²) in [6.07, 6.45) is 16.3. The molecule has 0 radical (unpaired) electrons. The molecule has 0 atom stereocenters. The molecule has 0 saturated carbocycles. The Bertz CT molecular complexity index is 281. The van der Waals surface area contributed by atoms with Gasteiger partial charge in [-0.3, -0.25) is 4.79 Å². The number of nitrogens with zero attached hydrogens (tertiary/aromatic N) is 1. The van der Waals surface area contributed by atoms with Gasteiger partial charge in [-0.05, 0) is 38.5 Å². The summed E-state index contributed by atoms with van der Waals surface area (Å²) in [6.45, 7) is 5.90. The smallest absolute Gasteiger partial charge is 0.219 e. The standard InChI is InChI=1S/C19H38N2O2/c1-3-5-7-9-13-17-21-23-18-14-10-11-15-19(22)20-16-12-8-6-4-2/h17H,3-16,18H2,1-2H3,(H,20,22). The lowest BCUT2D eigenvalue weighted by atomic mass is 10.2. The molecule has 0 aliphatic rings. The minimum atomic E-state index is 0.188. The van der Waals surface area contributed by atoms with Crippen molar-refractivity contribution in [3.05, 3.63) is 0 Å². The zero-order valence-electron chi connectivity index (χ0n) is 15.4. The lowest BCUT2D eigenvalue weighted by molar-refractivity contribution is -0.121. The predicted molar refractivity (Wildman–Crippen MR) is 98.8 cm³/mol. The molecule has 4 heteroatoms. The van der Waals surface area contributed by atoms with Gasteiger partial charge in [-0.1, -0.05) is 57.5 Å². The Morgan fingerprint density at radius 1 is 0.913 bits per heavy atom. The fraction of sp³-hybridized carbons (Fsp3) is 0.895. The normalized spacial score (nSPS) is 11.0. The summed E-state index contributed by atoms with van der Waals surface area (Å²) in [4.78, 5) is 16.8. The van der Waals surface area contributed by atoms with Crippen LogP contribution in [0, 0.1) is 0 Å². The van der Waals surface area contributed by atoms with E-state index in [1.54, 1.807) is 0 Å². The second kappa shape index (κ2) is 19.0. The largest absolute Gasteiger partial charge is 0.396 e. The molecule has 0 aliphatic carbocycles. The van der Waals surface area contributed by atoms with E-state index in [0.29, 0.717) is 13.0 Å². The predicted octanol–water partition coefficient (Wildman–Crippen LogP) is 5.22. The molecule has 23 heavy (non-hydrogen) atoms. The topological polar surface area (TPSA) is 50.7 Å². The highest BCUT2D eigenvalue weighted by Crippen LogP contribution is 2.02. The Morgan fingerprint density at radius 2 is 1.61 bits per heavy atom. The van der Waals surface area contributed by atoms with Gasteiger partial charge in [0.2, 0.25) is 5.91 Å². The first-order valence-electron chi connectivity index (χ1n) is 9.71. The van der Waals surface area contributed by atoms with E-state index in [-0.39, 0.29) is 5.91 Å². The van der Waals surface area contributed by atoms with Crippen LogP contribution < -0.4 is 5.32 Å². The van der Waals surface area contributed by atoms with Crippen molar-refractivity contribution in [2.45, 2.75) is 97.3 Å². The molecule has 1 amide bonds. The maximum Gasteiger partial charge on any atom is 0.219 e. The number of hydrogen-bond acceptors (Lipinski definition) is 3. The molecule has 0 unspecified atom stereocenters. The van der Waals surface area contributed by atoms with E-state index in [9.17, 15) is 4.79 Å². The first-order chi connectivity index (χ1) is 11.3. The van der Waals surface area contributed by atoms with E-state index in [1.807, 2.05) is 6.21 Å². The molecule has 0 heterocycles. The Morgan fingerprint density at radius 3 is 2.35 bits per heavy atom.